The van der Waals surface area contributed by atoms with Gasteiger partial charge in [-0.25, -0.2) is 0 Å². The van der Waals surface area contributed by atoms with Gasteiger partial charge in [0.15, 0.2) is 5.79 Å². The predicted molar refractivity (Wildman–Crippen MR) is 39.4 cm³/mol. The number of hydrogen-bond acceptors (Lipinski definition) is 4. The van der Waals surface area contributed by atoms with Crippen LogP contribution >= 0.6 is 0 Å². The maximum atomic E-state index is 10.5. The van der Waals surface area contributed by atoms with E-state index in [1.54, 1.807) is 0 Å². The van der Waals surface area contributed by atoms with Crippen molar-refractivity contribution >= 4 is 5.97 Å². The van der Waals surface area contributed by atoms with Crippen molar-refractivity contribution in [3.63, 3.8) is 0 Å². The molecular weight excluding hydrogens is 160 g/mol. The topological polar surface area (TPSA) is 44.8 Å². The highest BCUT2D eigenvalue weighted by Crippen LogP contribution is 2.29. The van der Waals surface area contributed by atoms with E-state index in [2.05, 4.69) is 0 Å². The molecule has 2 aliphatic heterocycles. The van der Waals surface area contributed by atoms with Gasteiger partial charge >= 0.3 is 5.97 Å². The van der Waals surface area contributed by atoms with Crippen LogP contribution in [0.1, 0.15) is 19.8 Å². The lowest BCUT2D eigenvalue weighted by atomic mass is 10.0. The van der Waals surface area contributed by atoms with E-state index in [1.165, 1.54) is 0 Å². The Kier molecular flexibility index (Phi) is 1.81. The monoisotopic (exact) mass is 172 g/mol. The van der Waals surface area contributed by atoms with Crippen molar-refractivity contribution in [2.75, 3.05) is 13.2 Å². The Morgan fingerprint density at radius 3 is 2.58 bits per heavy atom. The summed E-state index contributed by atoms with van der Waals surface area (Å²) < 4.78 is 15.6. The van der Waals surface area contributed by atoms with Gasteiger partial charge in [0.05, 0.1) is 19.6 Å². The minimum atomic E-state index is -0.522. The molecule has 0 aliphatic carbocycles. The maximum Gasteiger partial charge on any atom is 0.309 e. The lowest BCUT2D eigenvalue weighted by Gasteiger charge is -2.32. The number of cyclic esters (lactones) is 1. The zero-order chi connectivity index (χ0) is 8.60. The quantitative estimate of drug-likeness (QED) is 0.567. The molecule has 0 radical (unpaired) electrons. The van der Waals surface area contributed by atoms with Gasteiger partial charge in [0.2, 0.25) is 0 Å². The Morgan fingerprint density at radius 2 is 2.08 bits per heavy atom. The molecule has 0 aromatic carbocycles. The third-order valence-electron chi connectivity index (χ3n) is 2.19. The average Bonchev–Trinajstić information content (AvgIpc) is 2.33. The van der Waals surface area contributed by atoms with E-state index in [0.717, 1.165) is 0 Å². The summed E-state index contributed by atoms with van der Waals surface area (Å²) in [6.07, 6.45) is 1.15. The van der Waals surface area contributed by atoms with E-state index in [1.807, 2.05) is 6.92 Å². The Morgan fingerprint density at radius 1 is 1.50 bits per heavy atom. The number of hydrogen-bond donors (Lipinski definition) is 0. The zero-order valence-electron chi connectivity index (χ0n) is 7.04. The third-order valence-corrected chi connectivity index (χ3v) is 2.19. The van der Waals surface area contributed by atoms with E-state index >= 15 is 0 Å². The van der Waals surface area contributed by atoms with Gasteiger partial charge in [-0.15, -0.1) is 0 Å². The minimum absolute atomic E-state index is 0.000556. The average molecular weight is 172 g/mol. The van der Waals surface area contributed by atoms with Crippen molar-refractivity contribution in [1.29, 1.82) is 0 Å². The fourth-order valence-corrected chi connectivity index (χ4v) is 1.56. The van der Waals surface area contributed by atoms with Crippen LogP contribution in [0.3, 0.4) is 0 Å². The smallest absolute Gasteiger partial charge is 0.309 e. The van der Waals surface area contributed by atoms with Crippen molar-refractivity contribution in [2.45, 2.75) is 31.7 Å². The fourth-order valence-electron chi connectivity index (χ4n) is 1.56. The summed E-state index contributed by atoms with van der Waals surface area (Å²) >= 11 is 0. The predicted octanol–water partition coefficient (Wildman–Crippen LogP) is 0.455. The molecule has 0 aromatic heterocycles. The van der Waals surface area contributed by atoms with Gasteiger partial charge in [-0.1, -0.05) is 0 Å². The molecule has 1 atom stereocenters. The molecule has 2 saturated heterocycles. The van der Waals surface area contributed by atoms with Gasteiger partial charge in [-0.3, -0.25) is 4.79 Å². The van der Waals surface area contributed by atoms with Crippen LogP contribution in [-0.2, 0) is 19.0 Å². The summed E-state index contributed by atoms with van der Waals surface area (Å²) in [5, 5.41) is 0. The molecule has 12 heavy (non-hydrogen) atoms. The number of rotatable bonds is 2. The molecule has 2 fully saturated rings. The van der Waals surface area contributed by atoms with E-state index in [4.69, 9.17) is 14.2 Å². The van der Waals surface area contributed by atoms with Crippen LogP contribution in [0.2, 0.25) is 0 Å². The van der Waals surface area contributed by atoms with Crippen LogP contribution in [0.15, 0.2) is 0 Å². The lowest BCUT2D eigenvalue weighted by molar-refractivity contribution is -0.197. The molecule has 0 unspecified atom stereocenters. The molecule has 2 aliphatic rings. The van der Waals surface area contributed by atoms with Gasteiger partial charge in [-0.05, 0) is 6.92 Å². The molecule has 2 heterocycles. The second-order valence-corrected chi connectivity index (χ2v) is 3.35. The number of ether oxygens (including phenoxy) is 3. The van der Waals surface area contributed by atoms with E-state index < -0.39 is 5.79 Å². The molecule has 4 nitrogen and oxygen atoms in total. The Bertz CT molecular complexity index is 187. The highest BCUT2D eigenvalue weighted by Gasteiger charge is 2.39. The van der Waals surface area contributed by atoms with Gasteiger partial charge < -0.3 is 14.2 Å². The van der Waals surface area contributed by atoms with Crippen LogP contribution in [0.5, 0.6) is 0 Å². The molecule has 0 spiro atoms. The molecule has 0 saturated carbocycles. The summed E-state index contributed by atoms with van der Waals surface area (Å²) in [5.74, 6) is -0.646. The van der Waals surface area contributed by atoms with Crippen molar-refractivity contribution < 1.29 is 19.0 Å². The molecule has 0 bridgehead atoms. The Balaban J connectivity index is 1.82. The zero-order valence-corrected chi connectivity index (χ0v) is 7.04. The molecule has 2 rings (SSSR count). The minimum Gasteiger partial charge on any atom is -0.461 e. The van der Waals surface area contributed by atoms with E-state index in [0.29, 0.717) is 26.1 Å². The molecule has 0 aromatic rings. The van der Waals surface area contributed by atoms with Crippen molar-refractivity contribution in [3.8, 4) is 0 Å². The van der Waals surface area contributed by atoms with Crippen LogP contribution < -0.4 is 0 Å². The molecule has 68 valence electrons. The summed E-state index contributed by atoms with van der Waals surface area (Å²) in [6, 6.07) is 0. The summed E-state index contributed by atoms with van der Waals surface area (Å²) in [4.78, 5) is 10.5. The first-order valence-corrected chi connectivity index (χ1v) is 4.15. The van der Waals surface area contributed by atoms with E-state index in [9.17, 15) is 4.79 Å². The molecule has 0 N–H and O–H groups in total. The number of carbonyl (C=O) groups is 1. The highest BCUT2D eigenvalue weighted by molar-refractivity contribution is 5.75. The highest BCUT2D eigenvalue weighted by atomic mass is 16.7. The summed E-state index contributed by atoms with van der Waals surface area (Å²) in [5.41, 5.74) is 0. The van der Waals surface area contributed by atoms with Gasteiger partial charge in [0.1, 0.15) is 6.10 Å². The Hall–Kier alpha value is -0.610. The Labute approximate surface area is 70.8 Å². The van der Waals surface area contributed by atoms with Crippen molar-refractivity contribution in [1.82, 2.24) is 0 Å². The molecular formula is C8H12O4. The van der Waals surface area contributed by atoms with Gasteiger partial charge in [-0.2, -0.15) is 0 Å². The van der Waals surface area contributed by atoms with Crippen LogP contribution in [0.25, 0.3) is 0 Å². The first kappa shape index (κ1) is 8.01. The normalized spacial score (nSPS) is 32.8. The first-order chi connectivity index (χ1) is 5.68. The van der Waals surface area contributed by atoms with Gasteiger partial charge in [0, 0.05) is 6.42 Å². The second kappa shape index (κ2) is 2.71. The maximum absolute atomic E-state index is 10.5. The third kappa shape index (κ3) is 1.44. The van der Waals surface area contributed by atoms with Crippen molar-refractivity contribution in [2.24, 2.45) is 0 Å². The van der Waals surface area contributed by atoms with Crippen LogP contribution in [0.4, 0.5) is 0 Å². The molecule has 4 heteroatoms. The standard InChI is InChI=1S/C8H12O4/c1-8(10-2-3-11-8)5-6-4-7(9)12-6/h6H,2-5H2,1H3/t6-/m1/s1. The summed E-state index contributed by atoms with van der Waals surface area (Å²) in [6.45, 7) is 3.15. The number of carbonyl (C=O) groups excluding carboxylic acids is 1. The largest absolute Gasteiger partial charge is 0.461 e. The van der Waals surface area contributed by atoms with Crippen LogP contribution in [0, 0.1) is 0 Å². The van der Waals surface area contributed by atoms with Crippen LogP contribution in [-0.4, -0.2) is 31.1 Å². The molecule has 0 amide bonds. The van der Waals surface area contributed by atoms with Gasteiger partial charge in [0.25, 0.3) is 0 Å². The lowest BCUT2D eigenvalue weighted by Crippen LogP contribution is -2.40. The fraction of sp³-hybridized carbons (Fsp3) is 0.875. The second-order valence-electron chi connectivity index (χ2n) is 3.35. The first-order valence-electron chi connectivity index (χ1n) is 4.15. The summed E-state index contributed by atoms with van der Waals surface area (Å²) in [7, 11) is 0. The SMILES string of the molecule is CC1(C[C@H]2CC(=O)O2)OCCO1. The van der Waals surface area contributed by atoms with E-state index in [-0.39, 0.29) is 12.1 Å². The van der Waals surface area contributed by atoms with Crippen molar-refractivity contribution in [3.05, 3.63) is 0 Å². The number of esters is 1.